The van der Waals surface area contributed by atoms with Gasteiger partial charge in [0.25, 0.3) is 0 Å². The van der Waals surface area contributed by atoms with E-state index < -0.39 is 5.97 Å². The lowest BCUT2D eigenvalue weighted by atomic mass is 10.00. The number of carboxylic acid groups (broad SMARTS) is 1. The summed E-state index contributed by atoms with van der Waals surface area (Å²) < 4.78 is 5.34. The summed E-state index contributed by atoms with van der Waals surface area (Å²) in [6.45, 7) is 2.03. The predicted octanol–water partition coefficient (Wildman–Crippen LogP) is 3.30. The molecule has 0 fully saturated rings. The van der Waals surface area contributed by atoms with Crippen LogP contribution in [-0.2, 0) is 11.2 Å². The molecule has 1 N–H and O–H groups in total. The highest BCUT2D eigenvalue weighted by atomic mass is 16.5. The number of aryl methyl sites for hydroxylation is 1. The molecule has 0 unspecified atom stereocenters. The van der Waals surface area contributed by atoms with Crippen molar-refractivity contribution in [1.29, 1.82) is 0 Å². The zero-order valence-corrected chi connectivity index (χ0v) is 11.0. The predicted molar refractivity (Wildman–Crippen MR) is 74.5 cm³/mol. The minimum absolute atomic E-state index is 0.0167. The van der Waals surface area contributed by atoms with Crippen molar-refractivity contribution in [2.75, 3.05) is 7.11 Å². The Bertz CT molecular complexity index is 585. The zero-order valence-electron chi connectivity index (χ0n) is 11.0. The molecule has 0 aliphatic carbocycles. The van der Waals surface area contributed by atoms with Crippen molar-refractivity contribution in [1.82, 2.24) is 0 Å². The van der Waals surface area contributed by atoms with Gasteiger partial charge >= 0.3 is 5.97 Å². The van der Waals surface area contributed by atoms with Crippen LogP contribution in [0, 0.1) is 6.92 Å². The number of rotatable bonds is 4. The van der Waals surface area contributed by atoms with Crippen molar-refractivity contribution in [3.63, 3.8) is 0 Å². The van der Waals surface area contributed by atoms with Crippen LogP contribution in [0.5, 0.6) is 5.75 Å². The van der Waals surface area contributed by atoms with Gasteiger partial charge in [0.15, 0.2) is 0 Å². The maximum absolute atomic E-state index is 10.8. The molecule has 2 aromatic rings. The second kappa shape index (κ2) is 5.57. The molecule has 19 heavy (non-hydrogen) atoms. The molecule has 0 aliphatic rings. The number of carbonyl (C=O) groups is 1. The Balaban J connectivity index is 2.46. The fraction of sp³-hybridized carbons (Fsp3) is 0.188. The maximum atomic E-state index is 10.8. The lowest BCUT2D eigenvalue weighted by Crippen LogP contribution is -2.00. The first-order valence-electron chi connectivity index (χ1n) is 6.06. The molecule has 0 saturated heterocycles. The summed E-state index contributed by atoms with van der Waals surface area (Å²) in [7, 11) is 1.61. The number of methoxy groups -OCH3 is 1. The minimum Gasteiger partial charge on any atom is -0.496 e. The standard InChI is InChI=1S/C16H16O3/c1-11-3-6-13(7-4-11)14-9-12(10-16(17)18)5-8-15(14)19-2/h3-9H,10H2,1-2H3,(H,17,18). The minimum atomic E-state index is -0.833. The zero-order chi connectivity index (χ0) is 13.8. The fourth-order valence-corrected chi connectivity index (χ4v) is 2.00. The Kier molecular flexibility index (Phi) is 3.85. The summed E-state index contributed by atoms with van der Waals surface area (Å²) in [5.74, 6) is -0.0852. The molecule has 2 aromatic carbocycles. The molecule has 98 valence electrons. The maximum Gasteiger partial charge on any atom is 0.307 e. The summed E-state index contributed by atoms with van der Waals surface area (Å²) in [5, 5.41) is 8.86. The molecule has 3 heteroatoms. The molecule has 0 spiro atoms. The van der Waals surface area contributed by atoms with Gasteiger partial charge in [-0.05, 0) is 30.2 Å². The van der Waals surface area contributed by atoms with E-state index in [1.54, 1.807) is 13.2 Å². The van der Waals surface area contributed by atoms with Gasteiger partial charge in [-0.25, -0.2) is 0 Å². The van der Waals surface area contributed by atoms with Crippen LogP contribution in [0.2, 0.25) is 0 Å². The van der Waals surface area contributed by atoms with E-state index >= 15 is 0 Å². The Morgan fingerprint density at radius 1 is 1.16 bits per heavy atom. The second-order valence-electron chi connectivity index (χ2n) is 4.47. The molecule has 0 radical (unpaired) electrons. The Morgan fingerprint density at radius 2 is 1.84 bits per heavy atom. The number of ether oxygens (including phenoxy) is 1. The molecule has 0 bridgehead atoms. The molecule has 0 heterocycles. The van der Waals surface area contributed by atoms with Gasteiger partial charge in [0.05, 0.1) is 13.5 Å². The monoisotopic (exact) mass is 256 g/mol. The summed E-state index contributed by atoms with van der Waals surface area (Å²) in [4.78, 5) is 10.8. The fourth-order valence-electron chi connectivity index (χ4n) is 2.00. The van der Waals surface area contributed by atoms with Crippen molar-refractivity contribution in [3.05, 3.63) is 53.6 Å². The molecular formula is C16H16O3. The topological polar surface area (TPSA) is 46.5 Å². The largest absolute Gasteiger partial charge is 0.496 e. The van der Waals surface area contributed by atoms with Gasteiger partial charge in [0.1, 0.15) is 5.75 Å². The third-order valence-corrected chi connectivity index (χ3v) is 2.98. The van der Waals surface area contributed by atoms with Crippen LogP contribution >= 0.6 is 0 Å². The van der Waals surface area contributed by atoms with Crippen LogP contribution in [0.1, 0.15) is 11.1 Å². The van der Waals surface area contributed by atoms with E-state index in [1.165, 1.54) is 5.56 Å². The summed E-state index contributed by atoms with van der Waals surface area (Å²) >= 11 is 0. The van der Waals surface area contributed by atoms with Crippen LogP contribution in [0.25, 0.3) is 11.1 Å². The van der Waals surface area contributed by atoms with Crippen LogP contribution in [0.4, 0.5) is 0 Å². The molecule has 0 aliphatic heterocycles. The van der Waals surface area contributed by atoms with E-state index in [-0.39, 0.29) is 6.42 Å². The van der Waals surface area contributed by atoms with Gasteiger partial charge in [0, 0.05) is 5.56 Å². The third kappa shape index (κ3) is 3.13. The first kappa shape index (κ1) is 13.1. The van der Waals surface area contributed by atoms with Crippen LogP contribution in [0.3, 0.4) is 0 Å². The van der Waals surface area contributed by atoms with Gasteiger partial charge in [-0.1, -0.05) is 35.9 Å². The summed E-state index contributed by atoms with van der Waals surface area (Å²) in [5.41, 5.74) is 3.89. The van der Waals surface area contributed by atoms with Gasteiger partial charge in [0.2, 0.25) is 0 Å². The smallest absolute Gasteiger partial charge is 0.307 e. The molecule has 2 rings (SSSR count). The summed E-state index contributed by atoms with van der Waals surface area (Å²) in [6, 6.07) is 13.5. The van der Waals surface area contributed by atoms with E-state index in [0.29, 0.717) is 0 Å². The van der Waals surface area contributed by atoms with Gasteiger partial charge < -0.3 is 9.84 Å². The van der Waals surface area contributed by atoms with Crippen LogP contribution < -0.4 is 4.74 Å². The van der Waals surface area contributed by atoms with Gasteiger partial charge in [-0.2, -0.15) is 0 Å². The first-order chi connectivity index (χ1) is 9.10. The average Bonchev–Trinajstić information content (AvgIpc) is 2.39. The number of benzene rings is 2. The van der Waals surface area contributed by atoms with Crippen molar-refractivity contribution in [2.45, 2.75) is 13.3 Å². The van der Waals surface area contributed by atoms with Crippen molar-refractivity contribution >= 4 is 5.97 Å². The lowest BCUT2D eigenvalue weighted by Gasteiger charge is -2.10. The van der Waals surface area contributed by atoms with Gasteiger partial charge in [-0.15, -0.1) is 0 Å². The SMILES string of the molecule is COc1ccc(CC(=O)O)cc1-c1ccc(C)cc1. The lowest BCUT2D eigenvalue weighted by molar-refractivity contribution is -0.136. The number of hydrogen-bond acceptors (Lipinski definition) is 2. The van der Waals surface area contributed by atoms with E-state index in [1.807, 2.05) is 43.3 Å². The molecule has 0 amide bonds. The molecule has 0 atom stereocenters. The number of hydrogen-bond donors (Lipinski definition) is 1. The van der Waals surface area contributed by atoms with E-state index in [0.717, 1.165) is 22.4 Å². The molecular weight excluding hydrogens is 240 g/mol. The summed E-state index contributed by atoms with van der Waals surface area (Å²) in [6.07, 6.45) is 0.0167. The molecule has 0 saturated carbocycles. The van der Waals surface area contributed by atoms with Crippen molar-refractivity contribution in [2.24, 2.45) is 0 Å². The van der Waals surface area contributed by atoms with Gasteiger partial charge in [-0.3, -0.25) is 4.79 Å². The normalized spacial score (nSPS) is 10.2. The van der Waals surface area contributed by atoms with E-state index in [9.17, 15) is 4.79 Å². The third-order valence-electron chi connectivity index (χ3n) is 2.98. The first-order valence-corrected chi connectivity index (χ1v) is 6.06. The quantitative estimate of drug-likeness (QED) is 0.913. The molecule has 3 nitrogen and oxygen atoms in total. The highest BCUT2D eigenvalue weighted by Gasteiger charge is 2.09. The number of aliphatic carboxylic acids is 1. The average molecular weight is 256 g/mol. The Labute approximate surface area is 112 Å². The van der Waals surface area contributed by atoms with Crippen LogP contribution in [-0.4, -0.2) is 18.2 Å². The Morgan fingerprint density at radius 3 is 2.42 bits per heavy atom. The van der Waals surface area contributed by atoms with E-state index in [4.69, 9.17) is 9.84 Å². The van der Waals surface area contributed by atoms with Crippen molar-refractivity contribution in [3.8, 4) is 16.9 Å². The van der Waals surface area contributed by atoms with Crippen molar-refractivity contribution < 1.29 is 14.6 Å². The van der Waals surface area contributed by atoms with E-state index in [2.05, 4.69) is 0 Å². The Hall–Kier alpha value is -2.29. The second-order valence-corrected chi connectivity index (χ2v) is 4.47. The highest BCUT2D eigenvalue weighted by Crippen LogP contribution is 2.31. The highest BCUT2D eigenvalue weighted by molar-refractivity contribution is 5.75. The number of carboxylic acids is 1. The molecule has 0 aromatic heterocycles. The van der Waals surface area contributed by atoms with Crippen LogP contribution in [0.15, 0.2) is 42.5 Å².